The van der Waals surface area contributed by atoms with Crippen LogP contribution in [0.4, 0.5) is 4.39 Å². The van der Waals surface area contributed by atoms with Crippen LogP contribution in [0, 0.1) is 5.82 Å². The number of pyridine rings is 1. The average molecular weight is 311 g/mol. The molecule has 18 heavy (non-hydrogen) atoms. The highest BCUT2D eigenvalue weighted by Gasteiger charge is 2.07. The Morgan fingerprint density at radius 2 is 2.11 bits per heavy atom. The highest BCUT2D eigenvalue weighted by molar-refractivity contribution is 9.10. The van der Waals surface area contributed by atoms with Crippen molar-refractivity contribution in [3.05, 3.63) is 52.4 Å². The largest absolute Gasteiger partial charge is 0.438 e. The van der Waals surface area contributed by atoms with Crippen molar-refractivity contribution in [1.29, 1.82) is 0 Å². The fourth-order valence-corrected chi connectivity index (χ4v) is 1.87. The molecule has 0 aliphatic heterocycles. The predicted octanol–water partition coefficient (Wildman–Crippen LogP) is 3.80. The lowest BCUT2D eigenvalue weighted by Gasteiger charge is -2.09. The third-order valence-corrected chi connectivity index (χ3v) is 3.01. The first-order chi connectivity index (χ1) is 8.56. The topological polar surface area (TPSA) is 48.1 Å². The predicted molar refractivity (Wildman–Crippen MR) is 71.0 cm³/mol. The number of nitrogens with two attached hydrogens (primary N) is 1. The minimum Gasteiger partial charge on any atom is -0.438 e. The lowest BCUT2D eigenvalue weighted by molar-refractivity contribution is 0.457. The summed E-state index contributed by atoms with van der Waals surface area (Å²) >= 11 is 3.23. The number of benzene rings is 1. The molecule has 0 bridgehead atoms. The number of nitrogens with zero attached hydrogens (tertiary/aromatic N) is 1. The molecule has 94 valence electrons. The Balaban J connectivity index is 2.25. The van der Waals surface area contributed by atoms with Gasteiger partial charge in [-0.2, -0.15) is 0 Å². The van der Waals surface area contributed by atoms with Crippen LogP contribution < -0.4 is 10.5 Å². The molecule has 0 saturated heterocycles. The van der Waals surface area contributed by atoms with Gasteiger partial charge in [0.2, 0.25) is 5.88 Å². The number of hydrogen-bond acceptors (Lipinski definition) is 3. The van der Waals surface area contributed by atoms with Crippen LogP contribution in [0.25, 0.3) is 0 Å². The summed E-state index contributed by atoms with van der Waals surface area (Å²) < 4.78 is 19.1. The van der Waals surface area contributed by atoms with E-state index < -0.39 is 0 Å². The Kier molecular flexibility index (Phi) is 3.93. The van der Waals surface area contributed by atoms with Gasteiger partial charge in [0, 0.05) is 18.3 Å². The molecule has 0 amide bonds. The SMILES string of the molecule is C[C@@H](N)c1ccnc(Oc2ccc(F)cc2Br)c1. The van der Waals surface area contributed by atoms with Gasteiger partial charge in [-0.3, -0.25) is 0 Å². The van der Waals surface area contributed by atoms with E-state index in [9.17, 15) is 4.39 Å². The molecule has 0 spiro atoms. The van der Waals surface area contributed by atoms with E-state index in [0.717, 1.165) is 5.56 Å². The van der Waals surface area contributed by atoms with Gasteiger partial charge in [-0.05, 0) is 52.7 Å². The molecule has 5 heteroatoms. The van der Waals surface area contributed by atoms with Crippen LogP contribution in [0.3, 0.4) is 0 Å². The van der Waals surface area contributed by atoms with Crippen LogP contribution in [0.5, 0.6) is 11.6 Å². The van der Waals surface area contributed by atoms with Gasteiger partial charge in [0.15, 0.2) is 0 Å². The van der Waals surface area contributed by atoms with Crippen LogP contribution in [0.2, 0.25) is 0 Å². The zero-order valence-electron chi connectivity index (χ0n) is 9.73. The number of aromatic nitrogens is 1. The monoisotopic (exact) mass is 310 g/mol. The van der Waals surface area contributed by atoms with Crippen LogP contribution >= 0.6 is 15.9 Å². The molecule has 0 aliphatic carbocycles. The standard InChI is InChI=1S/C13H12BrFN2O/c1-8(16)9-4-5-17-13(6-9)18-12-3-2-10(15)7-11(12)14/h2-8H,16H2,1H3/t8-/m1/s1. The minimum absolute atomic E-state index is 0.0907. The fraction of sp³-hybridized carbons (Fsp3) is 0.154. The Labute approximate surface area is 113 Å². The van der Waals surface area contributed by atoms with Crippen molar-refractivity contribution in [2.45, 2.75) is 13.0 Å². The van der Waals surface area contributed by atoms with E-state index in [1.165, 1.54) is 12.1 Å². The molecular weight excluding hydrogens is 299 g/mol. The third kappa shape index (κ3) is 3.05. The molecule has 0 radical (unpaired) electrons. The van der Waals surface area contributed by atoms with Crippen molar-refractivity contribution in [1.82, 2.24) is 4.98 Å². The van der Waals surface area contributed by atoms with E-state index in [0.29, 0.717) is 16.1 Å². The summed E-state index contributed by atoms with van der Waals surface area (Å²) in [6.45, 7) is 1.88. The van der Waals surface area contributed by atoms with Crippen molar-refractivity contribution >= 4 is 15.9 Å². The third-order valence-electron chi connectivity index (χ3n) is 2.39. The molecule has 0 saturated carbocycles. The average Bonchev–Trinajstić information content (AvgIpc) is 2.33. The summed E-state index contributed by atoms with van der Waals surface area (Å²) in [5.74, 6) is 0.606. The van der Waals surface area contributed by atoms with Crippen molar-refractivity contribution in [3.8, 4) is 11.6 Å². The molecule has 2 aromatic rings. The second-order valence-corrected chi connectivity index (χ2v) is 4.75. The molecule has 2 N–H and O–H groups in total. The fourth-order valence-electron chi connectivity index (χ4n) is 1.43. The number of hydrogen-bond donors (Lipinski definition) is 1. The second kappa shape index (κ2) is 5.46. The molecule has 2 rings (SSSR count). The quantitative estimate of drug-likeness (QED) is 0.938. The first kappa shape index (κ1) is 13.0. The summed E-state index contributed by atoms with van der Waals surface area (Å²) in [5.41, 5.74) is 6.71. The summed E-state index contributed by atoms with van der Waals surface area (Å²) in [7, 11) is 0. The van der Waals surface area contributed by atoms with Gasteiger partial charge >= 0.3 is 0 Å². The highest BCUT2D eigenvalue weighted by Crippen LogP contribution is 2.29. The van der Waals surface area contributed by atoms with Gasteiger partial charge in [-0.1, -0.05) is 0 Å². The molecular formula is C13H12BrFN2O. The highest BCUT2D eigenvalue weighted by atomic mass is 79.9. The first-order valence-corrected chi connectivity index (χ1v) is 6.20. The summed E-state index contributed by atoms with van der Waals surface area (Å²) in [6.07, 6.45) is 1.63. The lowest BCUT2D eigenvalue weighted by atomic mass is 10.1. The second-order valence-electron chi connectivity index (χ2n) is 3.89. The number of ether oxygens (including phenoxy) is 1. The Morgan fingerprint density at radius 1 is 1.33 bits per heavy atom. The first-order valence-electron chi connectivity index (χ1n) is 5.40. The van der Waals surface area contributed by atoms with E-state index in [1.807, 2.05) is 13.0 Å². The van der Waals surface area contributed by atoms with Gasteiger partial charge in [0.05, 0.1) is 4.47 Å². The van der Waals surface area contributed by atoms with Crippen molar-refractivity contribution < 1.29 is 9.13 Å². The Morgan fingerprint density at radius 3 is 2.78 bits per heavy atom. The van der Waals surface area contributed by atoms with E-state index in [1.54, 1.807) is 18.3 Å². The summed E-state index contributed by atoms with van der Waals surface area (Å²) in [4.78, 5) is 4.09. The van der Waals surface area contributed by atoms with Crippen LogP contribution in [-0.4, -0.2) is 4.98 Å². The van der Waals surface area contributed by atoms with Crippen LogP contribution in [0.1, 0.15) is 18.5 Å². The minimum atomic E-state index is -0.327. The van der Waals surface area contributed by atoms with Gasteiger partial charge < -0.3 is 10.5 Å². The Bertz CT molecular complexity index is 560. The Hall–Kier alpha value is -1.46. The molecule has 3 nitrogen and oxygen atoms in total. The smallest absolute Gasteiger partial charge is 0.219 e. The van der Waals surface area contributed by atoms with Crippen LogP contribution in [0.15, 0.2) is 41.0 Å². The molecule has 0 unspecified atom stereocenters. The zero-order valence-corrected chi connectivity index (χ0v) is 11.3. The van der Waals surface area contributed by atoms with E-state index in [-0.39, 0.29) is 11.9 Å². The van der Waals surface area contributed by atoms with Crippen molar-refractivity contribution in [2.24, 2.45) is 5.73 Å². The molecule has 1 atom stereocenters. The number of rotatable bonds is 3. The van der Waals surface area contributed by atoms with E-state index in [2.05, 4.69) is 20.9 Å². The molecule has 1 aromatic carbocycles. The van der Waals surface area contributed by atoms with Crippen LogP contribution in [-0.2, 0) is 0 Å². The molecule has 0 aliphatic rings. The molecule has 0 fully saturated rings. The zero-order chi connectivity index (χ0) is 13.1. The maximum atomic E-state index is 12.9. The van der Waals surface area contributed by atoms with Gasteiger partial charge in [-0.15, -0.1) is 0 Å². The van der Waals surface area contributed by atoms with Crippen molar-refractivity contribution in [3.63, 3.8) is 0 Å². The van der Waals surface area contributed by atoms with Gasteiger partial charge in [0.25, 0.3) is 0 Å². The summed E-state index contributed by atoms with van der Waals surface area (Å²) in [6, 6.07) is 7.71. The van der Waals surface area contributed by atoms with Gasteiger partial charge in [-0.25, -0.2) is 9.37 Å². The maximum Gasteiger partial charge on any atom is 0.219 e. The molecule has 1 heterocycles. The number of halogens is 2. The lowest BCUT2D eigenvalue weighted by Crippen LogP contribution is -2.05. The normalized spacial score (nSPS) is 12.2. The van der Waals surface area contributed by atoms with E-state index in [4.69, 9.17) is 10.5 Å². The molecule has 1 aromatic heterocycles. The van der Waals surface area contributed by atoms with Crippen molar-refractivity contribution in [2.75, 3.05) is 0 Å². The van der Waals surface area contributed by atoms with Gasteiger partial charge in [0.1, 0.15) is 11.6 Å². The maximum absolute atomic E-state index is 12.9. The van der Waals surface area contributed by atoms with E-state index >= 15 is 0 Å². The summed E-state index contributed by atoms with van der Waals surface area (Å²) in [5, 5.41) is 0.